The predicted octanol–water partition coefficient (Wildman–Crippen LogP) is 2.97. The summed E-state index contributed by atoms with van der Waals surface area (Å²) in [5.74, 6) is 0.954. The topological polar surface area (TPSA) is 21.3 Å². The molecule has 0 bridgehead atoms. The SMILES string of the molecule is COCCNCC1CC2(CCCCCC2)C1. The lowest BCUT2D eigenvalue weighted by molar-refractivity contribution is 0.0369. The van der Waals surface area contributed by atoms with Gasteiger partial charge in [-0.3, -0.25) is 0 Å². The van der Waals surface area contributed by atoms with Crippen molar-refractivity contribution in [3.63, 3.8) is 0 Å². The van der Waals surface area contributed by atoms with Crippen LogP contribution in [-0.4, -0.2) is 26.8 Å². The molecule has 0 unspecified atom stereocenters. The van der Waals surface area contributed by atoms with Crippen LogP contribution in [0.5, 0.6) is 0 Å². The highest BCUT2D eigenvalue weighted by Crippen LogP contribution is 2.53. The van der Waals surface area contributed by atoms with Crippen molar-refractivity contribution in [1.29, 1.82) is 0 Å². The summed E-state index contributed by atoms with van der Waals surface area (Å²) in [7, 11) is 1.77. The first-order valence-electron chi connectivity index (χ1n) is 7.04. The van der Waals surface area contributed by atoms with E-state index >= 15 is 0 Å². The summed E-state index contributed by atoms with van der Waals surface area (Å²) in [6.45, 7) is 3.07. The molecule has 0 saturated heterocycles. The number of nitrogens with one attached hydrogen (secondary N) is 1. The summed E-state index contributed by atoms with van der Waals surface area (Å²) >= 11 is 0. The van der Waals surface area contributed by atoms with E-state index in [1.165, 1.54) is 57.9 Å². The van der Waals surface area contributed by atoms with E-state index in [4.69, 9.17) is 4.74 Å². The normalized spacial score (nSPS) is 25.3. The zero-order valence-electron chi connectivity index (χ0n) is 10.8. The van der Waals surface area contributed by atoms with Gasteiger partial charge in [0.15, 0.2) is 0 Å². The van der Waals surface area contributed by atoms with Gasteiger partial charge >= 0.3 is 0 Å². The van der Waals surface area contributed by atoms with Crippen LogP contribution in [0.4, 0.5) is 0 Å². The number of hydrogen-bond acceptors (Lipinski definition) is 2. The Kier molecular flexibility index (Phi) is 4.66. The van der Waals surface area contributed by atoms with Crippen LogP contribution in [0.25, 0.3) is 0 Å². The highest BCUT2D eigenvalue weighted by Gasteiger charge is 2.42. The standard InChI is InChI=1S/C14H27NO/c1-16-9-8-15-12-13-10-14(11-13)6-4-2-3-5-7-14/h13,15H,2-12H2,1H3. The molecule has 0 radical (unpaired) electrons. The minimum absolute atomic E-state index is 0.782. The van der Waals surface area contributed by atoms with E-state index in [1.54, 1.807) is 7.11 Å². The van der Waals surface area contributed by atoms with Crippen molar-refractivity contribution in [3.8, 4) is 0 Å². The van der Waals surface area contributed by atoms with Gasteiger partial charge in [-0.05, 0) is 43.6 Å². The van der Waals surface area contributed by atoms with Gasteiger partial charge in [-0.25, -0.2) is 0 Å². The summed E-state index contributed by atoms with van der Waals surface area (Å²) in [5, 5.41) is 3.50. The Hall–Kier alpha value is -0.0800. The molecule has 0 aromatic heterocycles. The molecule has 94 valence electrons. The van der Waals surface area contributed by atoms with E-state index in [0.717, 1.165) is 24.5 Å². The molecule has 16 heavy (non-hydrogen) atoms. The minimum atomic E-state index is 0.782. The number of hydrogen-bond donors (Lipinski definition) is 1. The predicted molar refractivity (Wildman–Crippen MR) is 67.6 cm³/mol. The molecule has 0 aliphatic heterocycles. The summed E-state index contributed by atoms with van der Waals surface area (Å²) in [6.07, 6.45) is 12.0. The molecule has 1 spiro atoms. The Morgan fingerprint density at radius 3 is 2.44 bits per heavy atom. The Morgan fingerprint density at radius 1 is 1.12 bits per heavy atom. The van der Waals surface area contributed by atoms with Crippen molar-refractivity contribution < 1.29 is 4.74 Å². The molecule has 2 aliphatic rings. The fourth-order valence-corrected chi connectivity index (χ4v) is 3.68. The molecule has 2 heteroatoms. The Bertz CT molecular complexity index is 189. The van der Waals surface area contributed by atoms with E-state index in [9.17, 15) is 0 Å². The van der Waals surface area contributed by atoms with Gasteiger partial charge in [-0.15, -0.1) is 0 Å². The van der Waals surface area contributed by atoms with Crippen LogP contribution in [0, 0.1) is 11.3 Å². The van der Waals surface area contributed by atoms with E-state index in [-0.39, 0.29) is 0 Å². The summed E-state index contributed by atoms with van der Waals surface area (Å²) in [5.41, 5.74) is 0.782. The van der Waals surface area contributed by atoms with Crippen molar-refractivity contribution in [2.75, 3.05) is 26.8 Å². The van der Waals surface area contributed by atoms with E-state index in [1.807, 2.05) is 0 Å². The third-order valence-corrected chi connectivity index (χ3v) is 4.52. The van der Waals surface area contributed by atoms with Crippen molar-refractivity contribution in [3.05, 3.63) is 0 Å². The van der Waals surface area contributed by atoms with Crippen molar-refractivity contribution in [1.82, 2.24) is 5.32 Å². The molecule has 2 rings (SSSR count). The molecule has 2 saturated carbocycles. The Balaban J connectivity index is 1.60. The molecule has 2 nitrogen and oxygen atoms in total. The first-order valence-corrected chi connectivity index (χ1v) is 7.04. The average Bonchev–Trinajstić information content (AvgIpc) is 2.48. The van der Waals surface area contributed by atoms with Gasteiger partial charge in [0.05, 0.1) is 6.61 Å². The van der Waals surface area contributed by atoms with Crippen LogP contribution < -0.4 is 5.32 Å². The molecular formula is C14H27NO. The van der Waals surface area contributed by atoms with Crippen molar-refractivity contribution >= 4 is 0 Å². The molecule has 2 aliphatic carbocycles. The summed E-state index contributed by atoms with van der Waals surface area (Å²) in [4.78, 5) is 0. The smallest absolute Gasteiger partial charge is 0.0587 e. The van der Waals surface area contributed by atoms with Crippen LogP contribution in [0.15, 0.2) is 0 Å². The first kappa shape index (κ1) is 12.4. The Morgan fingerprint density at radius 2 is 1.81 bits per heavy atom. The van der Waals surface area contributed by atoms with Crippen molar-refractivity contribution in [2.45, 2.75) is 51.4 Å². The lowest BCUT2D eigenvalue weighted by Gasteiger charge is -2.48. The van der Waals surface area contributed by atoms with Gasteiger partial charge in [0, 0.05) is 13.7 Å². The summed E-state index contributed by atoms with van der Waals surface area (Å²) in [6, 6.07) is 0. The van der Waals surface area contributed by atoms with Gasteiger partial charge in [-0.1, -0.05) is 25.7 Å². The van der Waals surface area contributed by atoms with E-state index < -0.39 is 0 Å². The zero-order chi connectivity index (χ0) is 11.3. The third kappa shape index (κ3) is 3.21. The Labute approximate surface area is 100 Å². The lowest BCUT2D eigenvalue weighted by atomic mass is 9.58. The molecule has 0 heterocycles. The van der Waals surface area contributed by atoms with Crippen LogP contribution in [0.1, 0.15) is 51.4 Å². The molecule has 1 N–H and O–H groups in total. The summed E-state index contributed by atoms with van der Waals surface area (Å²) < 4.78 is 5.04. The molecule has 0 atom stereocenters. The monoisotopic (exact) mass is 225 g/mol. The van der Waals surface area contributed by atoms with Crippen LogP contribution in [0.2, 0.25) is 0 Å². The quantitative estimate of drug-likeness (QED) is 0.726. The average molecular weight is 225 g/mol. The first-order chi connectivity index (χ1) is 7.85. The highest BCUT2D eigenvalue weighted by molar-refractivity contribution is 4.95. The maximum atomic E-state index is 5.04. The van der Waals surface area contributed by atoms with Crippen LogP contribution in [-0.2, 0) is 4.74 Å². The molecule has 0 aromatic rings. The van der Waals surface area contributed by atoms with Gasteiger partial charge < -0.3 is 10.1 Å². The van der Waals surface area contributed by atoms with Gasteiger partial charge in [-0.2, -0.15) is 0 Å². The van der Waals surface area contributed by atoms with Gasteiger partial charge in [0.1, 0.15) is 0 Å². The third-order valence-electron chi connectivity index (χ3n) is 4.52. The number of ether oxygens (including phenoxy) is 1. The molecule has 0 amide bonds. The maximum absolute atomic E-state index is 5.04. The number of methoxy groups -OCH3 is 1. The molecule has 0 aromatic carbocycles. The van der Waals surface area contributed by atoms with Crippen LogP contribution in [0.3, 0.4) is 0 Å². The van der Waals surface area contributed by atoms with Crippen molar-refractivity contribution in [2.24, 2.45) is 11.3 Å². The molecule has 2 fully saturated rings. The maximum Gasteiger partial charge on any atom is 0.0587 e. The second-order valence-corrected chi connectivity index (χ2v) is 5.89. The largest absolute Gasteiger partial charge is 0.383 e. The fraction of sp³-hybridized carbons (Fsp3) is 1.00. The van der Waals surface area contributed by atoms with Crippen LogP contribution >= 0.6 is 0 Å². The zero-order valence-corrected chi connectivity index (χ0v) is 10.8. The lowest BCUT2D eigenvalue weighted by Crippen LogP contribution is -2.42. The van der Waals surface area contributed by atoms with Gasteiger partial charge in [0.2, 0.25) is 0 Å². The fourth-order valence-electron chi connectivity index (χ4n) is 3.68. The van der Waals surface area contributed by atoms with E-state index in [2.05, 4.69) is 5.32 Å². The molecular weight excluding hydrogens is 198 g/mol. The number of rotatable bonds is 5. The van der Waals surface area contributed by atoms with Gasteiger partial charge in [0.25, 0.3) is 0 Å². The second kappa shape index (κ2) is 6.02. The highest BCUT2D eigenvalue weighted by atomic mass is 16.5. The minimum Gasteiger partial charge on any atom is -0.383 e. The van der Waals surface area contributed by atoms with E-state index in [0.29, 0.717) is 0 Å². The second-order valence-electron chi connectivity index (χ2n) is 5.89.